The quantitative estimate of drug-likeness (QED) is 0.0312. The van der Waals surface area contributed by atoms with Crippen molar-refractivity contribution in [3.63, 3.8) is 0 Å². The summed E-state index contributed by atoms with van der Waals surface area (Å²) in [5.74, 6) is -0.850. The molecule has 18 heteroatoms. The molecule has 0 aliphatic carbocycles. The molecule has 0 aromatic heterocycles. The van der Waals surface area contributed by atoms with Gasteiger partial charge in [-0.1, -0.05) is 54.6 Å². The van der Waals surface area contributed by atoms with Crippen molar-refractivity contribution >= 4 is 56.5 Å². The number of aliphatic hydroxyl groups excluding tert-OH is 3. The normalized spacial score (nSPS) is 26.4. The van der Waals surface area contributed by atoms with Crippen molar-refractivity contribution in [3.8, 4) is 0 Å². The molecule has 2 fully saturated rings. The molecule has 0 bridgehead atoms. The van der Waals surface area contributed by atoms with Crippen LogP contribution in [0.15, 0.2) is 54.6 Å². The third-order valence-corrected chi connectivity index (χ3v) is 10.2. The minimum Gasteiger partial charge on any atom is -0.443 e. The second-order valence-electron chi connectivity index (χ2n) is 13.9. The van der Waals surface area contributed by atoms with Gasteiger partial charge in [0.15, 0.2) is 12.6 Å². The fourth-order valence-electron chi connectivity index (χ4n) is 7.27. The number of amides is 3. The van der Waals surface area contributed by atoms with Gasteiger partial charge >= 0.3 is 6.09 Å². The van der Waals surface area contributed by atoms with Crippen molar-refractivity contribution in [1.29, 1.82) is 0 Å². The number of ether oxygens (including phenoxy) is 6. The van der Waals surface area contributed by atoms with Crippen LogP contribution in [-0.2, 0) is 49.4 Å². The number of aldehydes is 1. The Morgan fingerprint density at radius 2 is 1.49 bits per heavy atom. The van der Waals surface area contributed by atoms with Crippen molar-refractivity contribution in [1.82, 2.24) is 27.0 Å². The fraction of sp³-hybridized carbons (Fsp3) is 0.487. The van der Waals surface area contributed by atoms with Gasteiger partial charge in [-0.05, 0) is 50.7 Å². The SMILES string of the molecule is COC1COC(OC2C(O)C(CNNC(=O)CCCCC(=O)NNC(=O)OCc3ccc4ccc5cccc6ccc3c4c56)OC(OC)C2NCC=O)C(O)C1O. The Morgan fingerprint density at radius 1 is 0.807 bits per heavy atom. The van der Waals surface area contributed by atoms with Crippen LogP contribution in [0.2, 0.25) is 0 Å². The Bertz CT molecular complexity index is 1970. The molecule has 4 aromatic rings. The lowest BCUT2D eigenvalue weighted by atomic mass is 9.92. The summed E-state index contributed by atoms with van der Waals surface area (Å²) in [6, 6.07) is 17.4. The number of aliphatic hydroxyl groups is 3. The second kappa shape index (κ2) is 19.7. The lowest BCUT2D eigenvalue weighted by molar-refractivity contribution is -0.326. The summed E-state index contributed by atoms with van der Waals surface area (Å²) in [5.41, 5.74) is 10.7. The zero-order chi connectivity index (χ0) is 40.5. The highest BCUT2D eigenvalue weighted by molar-refractivity contribution is 6.23. The van der Waals surface area contributed by atoms with Crippen LogP contribution in [0.1, 0.15) is 31.2 Å². The summed E-state index contributed by atoms with van der Waals surface area (Å²) < 4.78 is 33.3. The predicted octanol–water partition coefficient (Wildman–Crippen LogP) is 0.390. The zero-order valence-corrected chi connectivity index (χ0v) is 31.6. The number of unbranched alkanes of at least 4 members (excludes halogenated alkanes) is 1. The Kier molecular flexibility index (Phi) is 14.5. The standard InChI is InChI=1S/C39H49N5O13/c1-52-27-20-54-38(35(50)33(27)48)57-36-32(40-16-17-45)37(53-2)56-26(34(36)49)18-41-42-28(46)8-3-4-9-29(47)43-44-39(51)55-19-24-13-12-23-11-10-21-6-5-7-22-14-15-25(24)31(23)30(21)22/h5-7,10-15,17,26-27,32-38,40-41,48-50H,3-4,8-9,16,18-20H2,1-2H3,(H,42,46)(H,43,47)(H,44,51). The first-order valence-electron chi connectivity index (χ1n) is 18.7. The summed E-state index contributed by atoms with van der Waals surface area (Å²) in [5, 5.41) is 41.7. The second-order valence-corrected chi connectivity index (χ2v) is 13.9. The van der Waals surface area contributed by atoms with Gasteiger partial charge in [0.2, 0.25) is 11.8 Å². The molecule has 9 atom stereocenters. The van der Waals surface area contributed by atoms with E-state index in [4.69, 9.17) is 28.4 Å². The van der Waals surface area contributed by atoms with Gasteiger partial charge in [-0.15, -0.1) is 0 Å². The van der Waals surface area contributed by atoms with Crippen LogP contribution in [0.25, 0.3) is 32.3 Å². The highest BCUT2D eigenvalue weighted by atomic mass is 16.7. The first-order chi connectivity index (χ1) is 27.6. The van der Waals surface area contributed by atoms with E-state index in [9.17, 15) is 34.5 Å². The Labute approximate surface area is 327 Å². The Morgan fingerprint density at radius 3 is 2.19 bits per heavy atom. The van der Waals surface area contributed by atoms with Crippen molar-refractivity contribution in [2.75, 3.05) is 33.9 Å². The van der Waals surface area contributed by atoms with Crippen LogP contribution >= 0.6 is 0 Å². The van der Waals surface area contributed by atoms with E-state index in [0.29, 0.717) is 19.1 Å². The molecule has 57 heavy (non-hydrogen) atoms. The molecule has 9 unspecified atom stereocenters. The summed E-state index contributed by atoms with van der Waals surface area (Å²) in [6.45, 7) is -0.310. The first-order valence-corrected chi connectivity index (χ1v) is 18.7. The van der Waals surface area contributed by atoms with E-state index in [2.05, 4.69) is 57.4 Å². The minimum atomic E-state index is -1.51. The molecule has 6 rings (SSSR count). The third kappa shape index (κ3) is 9.93. The molecular formula is C39H49N5O13. The average molecular weight is 796 g/mol. The molecule has 0 saturated carbocycles. The van der Waals surface area contributed by atoms with Gasteiger partial charge in [-0.25, -0.2) is 15.6 Å². The van der Waals surface area contributed by atoms with Crippen molar-refractivity contribution in [3.05, 3.63) is 60.2 Å². The number of carbonyl (C=O) groups is 4. The number of rotatable bonds is 17. The largest absolute Gasteiger partial charge is 0.443 e. The number of hydrogen-bond acceptors (Lipinski definition) is 15. The van der Waals surface area contributed by atoms with E-state index in [-0.39, 0.29) is 39.1 Å². The van der Waals surface area contributed by atoms with E-state index in [1.54, 1.807) is 0 Å². The molecule has 18 nitrogen and oxygen atoms in total. The van der Waals surface area contributed by atoms with E-state index >= 15 is 0 Å². The van der Waals surface area contributed by atoms with Gasteiger partial charge in [-0.3, -0.25) is 20.4 Å². The van der Waals surface area contributed by atoms with E-state index in [1.165, 1.54) is 14.2 Å². The Hall–Kier alpha value is -4.60. The van der Waals surface area contributed by atoms with Gasteiger partial charge in [0.25, 0.3) is 0 Å². The highest BCUT2D eigenvalue weighted by Crippen LogP contribution is 2.36. The molecular weight excluding hydrogens is 746 g/mol. The highest BCUT2D eigenvalue weighted by Gasteiger charge is 2.49. The zero-order valence-electron chi connectivity index (χ0n) is 31.6. The average Bonchev–Trinajstić information content (AvgIpc) is 3.22. The summed E-state index contributed by atoms with van der Waals surface area (Å²) in [4.78, 5) is 48.4. The summed E-state index contributed by atoms with van der Waals surface area (Å²) in [6.07, 6.45) is -8.93. The maximum absolute atomic E-state index is 12.5. The van der Waals surface area contributed by atoms with Crippen LogP contribution in [-0.4, -0.2) is 129 Å². The third-order valence-electron chi connectivity index (χ3n) is 10.2. The number of hydrazine groups is 2. The van der Waals surface area contributed by atoms with E-state index in [0.717, 1.165) is 37.9 Å². The predicted molar refractivity (Wildman–Crippen MR) is 203 cm³/mol. The maximum atomic E-state index is 12.5. The van der Waals surface area contributed by atoms with Gasteiger partial charge in [0, 0.05) is 33.6 Å². The molecule has 2 aliphatic heterocycles. The first kappa shape index (κ1) is 42.0. The molecule has 4 aromatic carbocycles. The van der Waals surface area contributed by atoms with Crippen LogP contribution in [0.4, 0.5) is 4.79 Å². The van der Waals surface area contributed by atoms with E-state index in [1.807, 2.05) is 24.3 Å². The number of carbonyl (C=O) groups excluding carboxylic acids is 4. The minimum absolute atomic E-state index is 0.00549. The summed E-state index contributed by atoms with van der Waals surface area (Å²) in [7, 11) is 2.72. The van der Waals surface area contributed by atoms with E-state index < -0.39 is 73.2 Å². The smallest absolute Gasteiger partial charge is 0.426 e. The number of hydrogen-bond donors (Lipinski definition) is 8. The molecule has 0 spiro atoms. The molecule has 2 heterocycles. The van der Waals surface area contributed by atoms with Crippen molar-refractivity contribution < 1.29 is 62.9 Å². The lowest BCUT2D eigenvalue weighted by Gasteiger charge is -2.46. The van der Waals surface area contributed by atoms with Crippen molar-refractivity contribution in [2.45, 2.75) is 87.5 Å². The van der Waals surface area contributed by atoms with Crippen LogP contribution in [0, 0.1) is 0 Å². The number of methoxy groups -OCH3 is 2. The van der Waals surface area contributed by atoms with Gasteiger partial charge in [-0.2, -0.15) is 0 Å². The number of benzene rings is 4. The maximum Gasteiger partial charge on any atom is 0.426 e. The van der Waals surface area contributed by atoms with Gasteiger partial charge in [0.05, 0.1) is 19.2 Å². The Balaban J connectivity index is 0.895. The monoisotopic (exact) mass is 795 g/mol. The van der Waals surface area contributed by atoms with Gasteiger partial charge < -0.3 is 53.9 Å². The lowest BCUT2D eigenvalue weighted by Crippen LogP contribution is -2.67. The molecule has 8 N–H and O–H groups in total. The molecule has 2 aliphatic rings. The topological polar surface area (TPSA) is 244 Å². The molecule has 3 amide bonds. The number of nitrogens with one attached hydrogen (secondary N) is 5. The van der Waals surface area contributed by atoms with Crippen LogP contribution in [0.5, 0.6) is 0 Å². The van der Waals surface area contributed by atoms with Crippen LogP contribution in [0.3, 0.4) is 0 Å². The van der Waals surface area contributed by atoms with Crippen LogP contribution < -0.4 is 27.0 Å². The molecule has 308 valence electrons. The molecule has 0 radical (unpaired) electrons. The van der Waals surface area contributed by atoms with Gasteiger partial charge in [0.1, 0.15) is 49.5 Å². The van der Waals surface area contributed by atoms with Crippen molar-refractivity contribution in [2.24, 2.45) is 0 Å². The summed E-state index contributed by atoms with van der Waals surface area (Å²) >= 11 is 0. The fourth-order valence-corrected chi connectivity index (χ4v) is 7.27. The molecule has 2 saturated heterocycles.